The highest BCUT2D eigenvalue weighted by atomic mass is 35.5. The number of alkyl halides is 1. The summed E-state index contributed by atoms with van der Waals surface area (Å²) in [6.45, 7) is 3.29. The second-order valence-electron chi connectivity index (χ2n) is 6.27. The molecule has 0 atom stereocenters. The minimum absolute atomic E-state index is 0.0150. The number of likely N-dealkylation sites (tertiary alicyclic amines) is 1. The molecule has 0 aliphatic carbocycles. The van der Waals surface area contributed by atoms with Crippen LogP contribution in [-0.2, 0) is 4.79 Å². The molecule has 7 heteroatoms. The zero-order valence-electron chi connectivity index (χ0n) is 14.9. The van der Waals surface area contributed by atoms with Crippen LogP contribution in [0.2, 0.25) is 0 Å². The van der Waals surface area contributed by atoms with Gasteiger partial charge in [0.25, 0.3) is 0 Å². The number of hydrogen-bond donors (Lipinski definition) is 0. The molecule has 1 aliphatic rings. The summed E-state index contributed by atoms with van der Waals surface area (Å²) in [5.74, 6) is 2.99. The van der Waals surface area contributed by atoms with Crippen LogP contribution in [0.3, 0.4) is 0 Å². The molecule has 26 heavy (non-hydrogen) atoms. The fourth-order valence-electron chi connectivity index (χ4n) is 3.03. The third-order valence-corrected chi connectivity index (χ3v) is 4.69. The Balaban J connectivity index is 1.70. The van der Waals surface area contributed by atoms with Gasteiger partial charge in [-0.1, -0.05) is 0 Å². The number of ether oxygens (including phenoxy) is 2. The molecule has 2 aromatic rings. The fourth-order valence-corrected chi connectivity index (χ4v) is 3.20. The van der Waals surface area contributed by atoms with E-state index in [9.17, 15) is 4.79 Å². The first-order valence-corrected chi connectivity index (χ1v) is 9.13. The monoisotopic (exact) mass is 375 g/mol. The Morgan fingerprint density at radius 3 is 2.46 bits per heavy atom. The SMILES string of the molecule is COc1ccc(Oc2cc(C)nc(C3CCN(C(=O)CCl)CC3)n2)cc1. The lowest BCUT2D eigenvalue weighted by atomic mass is 9.96. The lowest BCUT2D eigenvalue weighted by Crippen LogP contribution is -2.38. The highest BCUT2D eigenvalue weighted by Gasteiger charge is 2.25. The summed E-state index contributed by atoms with van der Waals surface area (Å²) < 4.78 is 11.0. The van der Waals surface area contributed by atoms with Gasteiger partial charge in [0.2, 0.25) is 11.8 Å². The van der Waals surface area contributed by atoms with E-state index in [0.29, 0.717) is 24.7 Å². The molecule has 2 heterocycles. The van der Waals surface area contributed by atoms with Crippen LogP contribution in [0.15, 0.2) is 30.3 Å². The van der Waals surface area contributed by atoms with E-state index >= 15 is 0 Å². The second kappa shape index (κ2) is 8.36. The van der Waals surface area contributed by atoms with Crippen molar-refractivity contribution in [2.75, 3.05) is 26.1 Å². The maximum absolute atomic E-state index is 11.7. The van der Waals surface area contributed by atoms with Gasteiger partial charge in [-0.05, 0) is 44.0 Å². The molecule has 1 aromatic carbocycles. The van der Waals surface area contributed by atoms with Crippen LogP contribution in [0.4, 0.5) is 0 Å². The highest BCUT2D eigenvalue weighted by Crippen LogP contribution is 2.29. The maximum Gasteiger partial charge on any atom is 0.237 e. The first-order chi connectivity index (χ1) is 12.6. The van der Waals surface area contributed by atoms with E-state index in [1.165, 1.54) is 0 Å². The number of carbonyl (C=O) groups is 1. The Morgan fingerprint density at radius 1 is 1.19 bits per heavy atom. The Kier molecular flexibility index (Phi) is 5.93. The van der Waals surface area contributed by atoms with Gasteiger partial charge in [0, 0.05) is 30.8 Å². The lowest BCUT2D eigenvalue weighted by Gasteiger charge is -2.31. The van der Waals surface area contributed by atoms with Gasteiger partial charge in [-0.3, -0.25) is 4.79 Å². The number of amides is 1. The summed E-state index contributed by atoms with van der Waals surface area (Å²) in [7, 11) is 1.63. The van der Waals surface area contributed by atoms with Crippen molar-refractivity contribution in [1.82, 2.24) is 14.9 Å². The lowest BCUT2D eigenvalue weighted by molar-refractivity contribution is -0.129. The fraction of sp³-hybridized carbons (Fsp3) is 0.421. The van der Waals surface area contributed by atoms with Crippen LogP contribution in [0.1, 0.15) is 30.3 Å². The molecule has 3 rings (SSSR count). The highest BCUT2D eigenvalue weighted by molar-refractivity contribution is 6.27. The van der Waals surface area contributed by atoms with Gasteiger partial charge in [-0.25, -0.2) is 4.98 Å². The summed E-state index contributed by atoms with van der Waals surface area (Å²) in [5.41, 5.74) is 0.859. The standard InChI is InChI=1S/C19H22ClN3O3/c1-13-11-17(26-16-5-3-15(25-2)4-6-16)22-19(21-13)14-7-9-23(10-8-14)18(24)12-20/h3-6,11,14H,7-10,12H2,1-2H3. The third-order valence-electron chi connectivity index (χ3n) is 4.46. The number of methoxy groups -OCH3 is 1. The van der Waals surface area contributed by atoms with Crippen molar-refractivity contribution in [1.29, 1.82) is 0 Å². The predicted octanol–water partition coefficient (Wildman–Crippen LogP) is 3.53. The van der Waals surface area contributed by atoms with Gasteiger partial charge in [0.15, 0.2) is 0 Å². The molecular formula is C19H22ClN3O3. The number of piperidine rings is 1. The molecule has 0 N–H and O–H groups in total. The van der Waals surface area contributed by atoms with Gasteiger partial charge in [-0.15, -0.1) is 11.6 Å². The number of aryl methyl sites for hydroxylation is 1. The smallest absolute Gasteiger partial charge is 0.237 e. The van der Waals surface area contributed by atoms with Gasteiger partial charge >= 0.3 is 0 Å². The average molecular weight is 376 g/mol. The van der Waals surface area contributed by atoms with E-state index in [-0.39, 0.29) is 17.7 Å². The topological polar surface area (TPSA) is 64.6 Å². The summed E-state index contributed by atoms with van der Waals surface area (Å²) in [6, 6.07) is 9.18. The summed E-state index contributed by atoms with van der Waals surface area (Å²) >= 11 is 5.64. The Morgan fingerprint density at radius 2 is 1.85 bits per heavy atom. The predicted molar refractivity (Wildman–Crippen MR) is 99.1 cm³/mol. The van der Waals surface area contributed by atoms with Crippen molar-refractivity contribution in [3.05, 3.63) is 41.9 Å². The zero-order valence-corrected chi connectivity index (χ0v) is 15.7. The van der Waals surface area contributed by atoms with Crippen LogP contribution in [-0.4, -0.2) is 46.9 Å². The molecule has 1 amide bonds. The van der Waals surface area contributed by atoms with Crippen LogP contribution < -0.4 is 9.47 Å². The van der Waals surface area contributed by atoms with Crippen molar-refractivity contribution in [2.45, 2.75) is 25.7 Å². The number of nitrogens with zero attached hydrogens (tertiary/aromatic N) is 3. The molecule has 0 spiro atoms. The largest absolute Gasteiger partial charge is 0.497 e. The molecule has 0 saturated carbocycles. The van der Waals surface area contributed by atoms with Crippen molar-refractivity contribution < 1.29 is 14.3 Å². The first-order valence-electron chi connectivity index (χ1n) is 8.60. The van der Waals surface area contributed by atoms with Crippen molar-refractivity contribution in [2.24, 2.45) is 0 Å². The van der Waals surface area contributed by atoms with Crippen LogP contribution in [0, 0.1) is 6.92 Å². The van der Waals surface area contributed by atoms with Gasteiger partial charge in [0.05, 0.1) is 7.11 Å². The zero-order chi connectivity index (χ0) is 18.5. The van der Waals surface area contributed by atoms with E-state index < -0.39 is 0 Å². The van der Waals surface area contributed by atoms with Crippen LogP contribution >= 0.6 is 11.6 Å². The maximum atomic E-state index is 11.7. The van der Waals surface area contributed by atoms with Crippen molar-refractivity contribution in [3.8, 4) is 17.4 Å². The van der Waals surface area contributed by atoms with Gasteiger partial charge in [0.1, 0.15) is 23.2 Å². The average Bonchev–Trinajstić information content (AvgIpc) is 2.67. The third kappa shape index (κ3) is 4.43. The molecule has 6 nitrogen and oxygen atoms in total. The Hall–Kier alpha value is -2.34. The summed E-state index contributed by atoms with van der Waals surface area (Å²) in [5, 5.41) is 0. The summed E-state index contributed by atoms with van der Waals surface area (Å²) in [6.07, 6.45) is 1.65. The van der Waals surface area contributed by atoms with E-state index in [1.807, 2.05) is 37.3 Å². The normalized spacial score (nSPS) is 15.0. The van der Waals surface area contributed by atoms with Crippen LogP contribution in [0.25, 0.3) is 0 Å². The number of aromatic nitrogens is 2. The van der Waals surface area contributed by atoms with Crippen molar-refractivity contribution >= 4 is 17.5 Å². The second-order valence-corrected chi connectivity index (χ2v) is 6.54. The van der Waals surface area contributed by atoms with Gasteiger partial charge in [-0.2, -0.15) is 4.98 Å². The number of carbonyl (C=O) groups excluding carboxylic acids is 1. The molecule has 0 radical (unpaired) electrons. The molecule has 1 aromatic heterocycles. The molecule has 1 fully saturated rings. The molecule has 1 saturated heterocycles. The number of hydrogen-bond acceptors (Lipinski definition) is 5. The minimum Gasteiger partial charge on any atom is -0.497 e. The van der Waals surface area contributed by atoms with E-state index in [4.69, 9.17) is 21.1 Å². The quantitative estimate of drug-likeness (QED) is 0.748. The van der Waals surface area contributed by atoms with E-state index in [2.05, 4.69) is 9.97 Å². The summed E-state index contributed by atoms with van der Waals surface area (Å²) in [4.78, 5) is 22.7. The number of rotatable bonds is 5. The van der Waals surface area contributed by atoms with E-state index in [0.717, 1.165) is 30.1 Å². The van der Waals surface area contributed by atoms with Crippen LogP contribution in [0.5, 0.6) is 17.4 Å². The molecule has 1 aliphatic heterocycles. The Labute approximate surface area is 158 Å². The Bertz CT molecular complexity index is 759. The van der Waals surface area contributed by atoms with Gasteiger partial charge < -0.3 is 14.4 Å². The number of benzene rings is 1. The van der Waals surface area contributed by atoms with E-state index in [1.54, 1.807) is 12.0 Å². The molecule has 0 bridgehead atoms. The minimum atomic E-state index is -0.0150. The first kappa shape index (κ1) is 18.5. The number of halogens is 1. The molecule has 0 unspecified atom stereocenters. The molecule has 138 valence electrons. The van der Waals surface area contributed by atoms with Crippen molar-refractivity contribution in [3.63, 3.8) is 0 Å². The molecular weight excluding hydrogens is 354 g/mol.